The number of carbonyl (C=O) groups is 3. The van der Waals surface area contributed by atoms with Gasteiger partial charge in [0.1, 0.15) is 6.61 Å². The summed E-state index contributed by atoms with van der Waals surface area (Å²) in [6, 6.07) is -0.615. The number of carboxylic acids is 1. The highest BCUT2D eigenvalue weighted by Crippen LogP contribution is 2.16. The predicted octanol–water partition coefficient (Wildman–Crippen LogP) is 17.2. The maximum absolute atomic E-state index is 12.8. The molecule has 0 amide bonds. The molecule has 0 heterocycles. The van der Waals surface area contributed by atoms with E-state index in [1.807, 2.05) is 21.1 Å². The molecule has 0 radical (unpaired) electrons. The van der Waals surface area contributed by atoms with E-state index >= 15 is 0 Å². The van der Waals surface area contributed by atoms with Crippen LogP contribution in [0, 0.1) is 0 Å². The molecule has 0 aliphatic rings. The number of hydrogen-bond acceptors (Lipinski definition) is 6. The molecule has 0 saturated carbocycles. The van der Waals surface area contributed by atoms with Gasteiger partial charge in [-0.15, -0.1) is 0 Å². The molecule has 394 valence electrons. The van der Waals surface area contributed by atoms with Crippen molar-refractivity contribution >= 4 is 17.9 Å². The molecule has 2 unspecified atom stereocenters. The number of unbranched alkanes of at least 4 members (excludes halogenated alkanes) is 35. The van der Waals surface area contributed by atoms with Crippen molar-refractivity contribution in [2.45, 2.75) is 296 Å². The Kier molecular flexibility index (Phi) is 48.6. The second-order valence-corrected chi connectivity index (χ2v) is 20.9. The van der Waals surface area contributed by atoms with Crippen molar-refractivity contribution < 1.29 is 38.2 Å². The smallest absolute Gasteiger partial charge is 0.362 e. The van der Waals surface area contributed by atoms with Crippen molar-refractivity contribution in [1.82, 2.24) is 0 Å². The number of aliphatic carboxylic acids is 1. The lowest BCUT2D eigenvalue weighted by Crippen LogP contribution is -2.50. The number of esters is 2. The quantitative estimate of drug-likeness (QED) is 0.0281. The molecule has 0 aliphatic carbocycles. The van der Waals surface area contributed by atoms with Gasteiger partial charge in [0.2, 0.25) is 0 Å². The van der Waals surface area contributed by atoms with Crippen LogP contribution in [0.3, 0.4) is 0 Å². The summed E-state index contributed by atoms with van der Waals surface area (Å²) < 4.78 is 17.4. The number of nitrogens with zero attached hydrogens (tertiary/aromatic N) is 1. The highest BCUT2D eigenvalue weighted by atomic mass is 16.6. The van der Waals surface area contributed by atoms with Crippen LogP contribution in [0.2, 0.25) is 0 Å². The fourth-order valence-electron chi connectivity index (χ4n) is 8.85. The van der Waals surface area contributed by atoms with Gasteiger partial charge in [-0.3, -0.25) is 9.59 Å². The molecule has 1 N–H and O–H groups in total. The molecule has 0 saturated heterocycles. The van der Waals surface area contributed by atoms with E-state index in [1.54, 1.807) is 0 Å². The molecule has 8 heteroatoms. The van der Waals surface area contributed by atoms with Crippen LogP contribution >= 0.6 is 0 Å². The van der Waals surface area contributed by atoms with Crippen LogP contribution in [0.5, 0.6) is 0 Å². The number of ether oxygens (including phenoxy) is 3. The molecule has 0 aromatic carbocycles. The third-order valence-electron chi connectivity index (χ3n) is 13.3. The van der Waals surface area contributed by atoms with Crippen LogP contribution in [0.4, 0.5) is 0 Å². The SMILES string of the molecule is CCCCCCCCCCCC/C=C/CCCCCCCCCC(=O)OCC(COCCC(C(=O)O)[N+](C)(C)C)OC(=O)CCCCCCCCC/C=C/CCCCCCCCCCCCC. The van der Waals surface area contributed by atoms with Crippen LogP contribution in [0.25, 0.3) is 0 Å². The zero-order chi connectivity index (χ0) is 49.2. The molecule has 67 heavy (non-hydrogen) atoms. The summed E-state index contributed by atoms with van der Waals surface area (Å²) >= 11 is 0. The summed E-state index contributed by atoms with van der Waals surface area (Å²) in [7, 11) is 5.55. The van der Waals surface area contributed by atoms with Gasteiger partial charge >= 0.3 is 17.9 Å². The topological polar surface area (TPSA) is 99.1 Å². The summed E-state index contributed by atoms with van der Waals surface area (Å²) in [5.74, 6) is -1.46. The molecule has 0 aromatic heterocycles. The van der Waals surface area contributed by atoms with Gasteiger partial charge in [0.15, 0.2) is 12.1 Å². The number of allylic oxidation sites excluding steroid dienone is 4. The van der Waals surface area contributed by atoms with E-state index in [2.05, 4.69) is 38.2 Å². The van der Waals surface area contributed by atoms with Gasteiger partial charge in [-0.2, -0.15) is 0 Å². The predicted molar refractivity (Wildman–Crippen MR) is 285 cm³/mol. The van der Waals surface area contributed by atoms with Crippen LogP contribution in [0.15, 0.2) is 24.3 Å². The van der Waals surface area contributed by atoms with Crippen molar-refractivity contribution in [3.8, 4) is 0 Å². The average molecular weight is 948 g/mol. The fourth-order valence-corrected chi connectivity index (χ4v) is 8.85. The van der Waals surface area contributed by atoms with E-state index in [4.69, 9.17) is 14.2 Å². The lowest BCUT2D eigenvalue weighted by Gasteiger charge is -2.31. The molecule has 0 aromatic rings. The van der Waals surface area contributed by atoms with E-state index in [0.717, 1.165) is 38.5 Å². The minimum Gasteiger partial charge on any atom is -0.477 e. The van der Waals surface area contributed by atoms with E-state index < -0.39 is 18.1 Å². The number of likely N-dealkylation sites (N-methyl/N-ethyl adjacent to an activating group) is 1. The number of quaternary nitrogens is 1. The number of carboxylic acid groups (broad SMARTS) is 1. The van der Waals surface area contributed by atoms with Gasteiger partial charge < -0.3 is 23.8 Å². The van der Waals surface area contributed by atoms with Crippen molar-refractivity contribution in [2.75, 3.05) is 41.0 Å². The summed E-state index contributed by atoms with van der Waals surface area (Å²) in [5, 5.41) is 9.68. The van der Waals surface area contributed by atoms with E-state index in [9.17, 15) is 19.5 Å². The first-order chi connectivity index (χ1) is 32.6. The lowest BCUT2D eigenvalue weighted by molar-refractivity contribution is -0.887. The first kappa shape index (κ1) is 64.8. The van der Waals surface area contributed by atoms with Gasteiger partial charge in [0.05, 0.1) is 34.4 Å². The Bertz CT molecular complexity index is 1150. The molecule has 0 spiro atoms. The second kappa shape index (κ2) is 50.2. The molecule has 8 nitrogen and oxygen atoms in total. The van der Waals surface area contributed by atoms with Gasteiger partial charge in [-0.25, -0.2) is 4.79 Å². The molecule has 2 atom stereocenters. The molecule has 0 aliphatic heterocycles. The molecular weight excluding hydrogens is 835 g/mol. The highest BCUT2D eigenvalue weighted by molar-refractivity contribution is 5.72. The molecule has 0 rings (SSSR count). The second-order valence-electron chi connectivity index (χ2n) is 20.9. The summed E-state index contributed by atoms with van der Waals surface area (Å²) in [4.78, 5) is 37.3. The van der Waals surface area contributed by atoms with Crippen LogP contribution < -0.4 is 0 Å². The van der Waals surface area contributed by atoms with Crippen molar-refractivity contribution in [2.24, 2.45) is 0 Å². The Morgan fingerprint density at radius 2 is 0.746 bits per heavy atom. The van der Waals surface area contributed by atoms with Crippen LogP contribution in [0.1, 0.15) is 284 Å². The lowest BCUT2D eigenvalue weighted by atomic mass is 10.0. The van der Waals surface area contributed by atoms with E-state index in [0.29, 0.717) is 19.3 Å². The summed E-state index contributed by atoms with van der Waals surface area (Å²) in [6.45, 7) is 4.78. The zero-order valence-electron chi connectivity index (χ0n) is 45.1. The Morgan fingerprint density at radius 1 is 0.433 bits per heavy atom. The zero-order valence-corrected chi connectivity index (χ0v) is 45.1. The van der Waals surface area contributed by atoms with E-state index in [-0.39, 0.29) is 36.2 Å². The standard InChI is InChI=1S/C59H111NO7/c1-6-8-10-12-14-16-18-20-22-24-26-28-30-32-34-36-38-40-42-44-46-48-50-58(62)67-55(53-65-52-51-56(59(63)64)60(3,4)5)54-66-57(61)49-47-45-43-41-39-37-35-33-31-29-27-25-23-21-19-17-15-13-11-9-7-2/h29-32,55-56H,6-28,33-54H2,1-5H3/p+1/b31-29+,32-30+. The third kappa shape index (κ3) is 48.6. The normalized spacial score (nSPS) is 12.9. The number of rotatable bonds is 53. The largest absolute Gasteiger partial charge is 0.477 e. The monoisotopic (exact) mass is 947 g/mol. The first-order valence-electron chi connectivity index (χ1n) is 28.9. The molecule has 0 fully saturated rings. The van der Waals surface area contributed by atoms with Crippen LogP contribution in [-0.2, 0) is 28.6 Å². The maximum atomic E-state index is 12.8. The Morgan fingerprint density at radius 3 is 1.07 bits per heavy atom. The number of hydrogen-bond donors (Lipinski definition) is 1. The molecule has 0 bridgehead atoms. The Balaban J connectivity index is 4.17. The number of carbonyl (C=O) groups excluding carboxylic acids is 2. The maximum Gasteiger partial charge on any atom is 0.362 e. The Hall–Kier alpha value is -2.19. The van der Waals surface area contributed by atoms with Crippen LogP contribution in [-0.4, -0.2) is 80.6 Å². The highest BCUT2D eigenvalue weighted by Gasteiger charge is 2.31. The van der Waals surface area contributed by atoms with Gasteiger partial charge in [0.25, 0.3) is 0 Å². The van der Waals surface area contributed by atoms with Crippen molar-refractivity contribution in [3.05, 3.63) is 24.3 Å². The van der Waals surface area contributed by atoms with E-state index in [1.165, 1.54) is 212 Å². The fraction of sp³-hybridized carbons (Fsp3) is 0.881. The van der Waals surface area contributed by atoms with Crippen molar-refractivity contribution in [3.63, 3.8) is 0 Å². The summed E-state index contributed by atoms with van der Waals surface area (Å²) in [5.41, 5.74) is 0. The molecular formula is C59H112NO7+. The van der Waals surface area contributed by atoms with Crippen molar-refractivity contribution in [1.29, 1.82) is 0 Å². The minimum atomic E-state index is -0.872. The Labute approximate surface area is 415 Å². The van der Waals surface area contributed by atoms with Gasteiger partial charge in [-0.05, 0) is 64.2 Å². The summed E-state index contributed by atoms with van der Waals surface area (Å²) in [6.07, 6.45) is 59.5. The van der Waals surface area contributed by atoms with Gasteiger partial charge in [0, 0.05) is 19.3 Å². The minimum absolute atomic E-state index is 0.0511. The third-order valence-corrected chi connectivity index (χ3v) is 13.3. The first-order valence-corrected chi connectivity index (χ1v) is 28.9. The average Bonchev–Trinajstić information content (AvgIpc) is 3.29. The van der Waals surface area contributed by atoms with Gasteiger partial charge in [-0.1, -0.05) is 224 Å².